The molecule has 0 bridgehead atoms. The molecule has 1 aliphatic heterocycles. The third-order valence-corrected chi connectivity index (χ3v) is 4.02. The number of hydrogen-bond acceptors (Lipinski definition) is 3. The van der Waals surface area contributed by atoms with Crippen LogP contribution in [0.5, 0.6) is 0 Å². The summed E-state index contributed by atoms with van der Waals surface area (Å²) in [4.78, 5) is 0. The average Bonchev–Trinajstić information content (AvgIpc) is 2.95. The Hall–Kier alpha value is -0.320. The Labute approximate surface area is 130 Å². The number of halogens is 2. The average molecular weight is 318 g/mol. The first-order valence-corrected chi connectivity index (χ1v) is 7.85. The Morgan fingerprint density at radius 1 is 1.30 bits per heavy atom. The van der Waals surface area contributed by atoms with Crippen molar-refractivity contribution in [2.45, 2.75) is 31.9 Å². The van der Waals surface area contributed by atoms with Crippen molar-refractivity contribution in [2.75, 3.05) is 26.4 Å². The highest BCUT2D eigenvalue weighted by Gasteiger charge is 2.14. The first kappa shape index (κ1) is 16.1. The Morgan fingerprint density at radius 2 is 2.20 bits per heavy atom. The standard InChI is InChI=1S/C15H21Cl2NO2/c16-14-5-4-12(9-15(14)17)10-18-6-2-7-19-11-13-3-1-8-20-13/h4-5,9,13,18H,1-3,6-8,10-11H2. The summed E-state index contributed by atoms with van der Waals surface area (Å²) in [5.74, 6) is 0. The molecule has 5 heteroatoms. The van der Waals surface area contributed by atoms with Gasteiger partial charge in [-0.3, -0.25) is 0 Å². The zero-order valence-corrected chi connectivity index (χ0v) is 13.1. The molecule has 0 aromatic heterocycles. The van der Waals surface area contributed by atoms with E-state index in [4.69, 9.17) is 32.7 Å². The van der Waals surface area contributed by atoms with Crippen molar-refractivity contribution in [2.24, 2.45) is 0 Å². The fourth-order valence-electron chi connectivity index (χ4n) is 2.17. The second-order valence-electron chi connectivity index (χ2n) is 4.99. The maximum atomic E-state index is 5.97. The molecule has 112 valence electrons. The lowest BCUT2D eigenvalue weighted by Gasteiger charge is -2.10. The van der Waals surface area contributed by atoms with Gasteiger partial charge in [-0.15, -0.1) is 0 Å². The predicted octanol–water partition coefficient (Wildman–Crippen LogP) is 3.67. The van der Waals surface area contributed by atoms with E-state index in [-0.39, 0.29) is 0 Å². The SMILES string of the molecule is Clc1ccc(CNCCCOCC2CCCO2)cc1Cl. The van der Waals surface area contributed by atoms with Crippen LogP contribution in [0.15, 0.2) is 18.2 Å². The molecule has 3 nitrogen and oxygen atoms in total. The smallest absolute Gasteiger partial charge is 0.0809 e. The summed E-state index contributed by atoms with van der Waals surface area (Å²) in [7, 11) is 0. The molecule has 0 radical (unpaired) electrons. The lowest BCUT2D eigenvalue weighted by Crippen LogP contribution is -2.19. The van der Waals surface area contributed by atoms with Crippen LogP contribution in [0.25, 0.3) is 0 Å². The normalized spacial score (nSPS) is 18.6. The molecule has 1 atom stereocenters. The van der Waals surface area contributed by atoms with Crippen LogP contribution in [-0.4, -0.2) is 32.5 Å². The third-order valence-electron chi connectivity index (χ3n) is 3.28. The number of rotatable bonds is 8. The molecule has 1 aliphatic rings. The van der Waals surface area contributed by atoms with Gasteiger partial charge in [-0.1, -0.05) is 29.3 Å². The predicted molar refractivity (Wildman–Crippen MR) is 82.6 cm³/mol. The largest absolute Gasteiger partial charge is 0.379 e. The van der Waals surface area contributed by atoms with E-state index in [0.29, 0.717) is 16.1 Å². The first-order chi connectivity index (χ1) is 9.75. The molecule has 0 amide bonds. The topological polar surface area (TPSA) is 30.5 Å². The van der Waals surface area contributed by atoms with Crippen LogP contribution in [0.3, 0.4) is 0 Å². The van der Waals surface area contributed by atoms with Crippen LogP contribution in [0.4, 0.5) is 0 Å². The van der Waals surface area contributed by atoms with E-state index < -0.39 is 0 Å². The maximum Gasteiger partial charge on any atom is 0.0809 e. The summed E-state index contributed by atoms with van der Waals surface area (Å²) in [6.45, 7) is 4.11. The highest BCUT2D eigenvalue weighted by atomic mass is 35.5. The van der Waals surface area contributed by atoms with Gasteiger partial charge in [-0.05, 0) is 43.5 Å². The van der Waals surface area contributed by atoms with Crippen LogP contribution in [0.2, 0.25) is 10.0 Å². The Bertz CT molecular complexity index is 409. The molecule has 1 fully saturated rings. The molecular weight excluding hydrogens is 297 g/mol. The summed E-state index contributed by atoms with van der Waals surface area (Å²) in [6.07, 6.45) is 3.61. The first-order valence-electron chi connectivity index (χ1n) is 7.09. The van der Waals surface area contributed by atoms with Gasteiger partial charge in [-0.2, -0.15) is 0 Å². The van der Waals surface area contributed by atoms with Crippen molar-refractivity contribution in [1.82, 2.24) is 5.32 Å². The molecule has 2 rings (SSSR count). The van der Waals surface area contributed by atoms with Crippen molar-refractivity contribution >= 4 is 23.2 Å². The minimum atomic E-state index is 0.319. The second kappa shape index (κ2) is 8.85. The van der Waals surface area contributed by atoms with Gasteiger partial charge in [0.05, 0.1) is 22.8 Å². The maximum absolute atomic E-state index is 5.97. The number of hydrogen-bond donors (Lipinski definition) is 1. The van der Waals surface area contributed by atoms with Crippen molar-refractivity contribution in [1.29, 1.82) is 0 Å². The Morgan fingerprint density at radius 3 is 2.95 bits per heavy atom. The van der Waals surface area contributed by atoms with E-state index >= 15 is 0 Å². The minimum Gasteiger partial charge on any atom is -0.379 e. The highest BCUT2D eigenvalue weighted by molar-refractivity contribution is 6.42. The van der Waals surface area contributed by atoms with Gasteiger partial charge in [0.15, 0.2) is 0 Å². The summed E-state index contributed by atoms with van der Waals surface area (Å²) in [5.41, 5.74) is 1.14. The second-order valence-corrected chi connectivity index (χ2v) is 5.80. The molecule has 0 aliphatic carbocycles. The van der Waals surface area contributed by atoms with Crippen LogP contribution >= 0.6 is 23.2 Å². The highest BCUT2D eigenvalue weighted by Crippen LogP contribution is 2.22. The fourth-order valence-corrected chi connectivity index (χ4v) is 2.49. The quantitative estimate of drug-likeness (QED) is 0.742. The van der Waals surface area contributed by atoms with Crippen LogP contribution in [-0.2, 0) is 16.0 Å². The van der Waals surface area contributed by atoms with Gasteiger partial charge in [0.25, 0.3) is 0 Å². The van der Waals surface area contributed by atoms with Gasteiger partial charge in [-0.25, -0.2) is 0 Å². The summed E-state index contributed by atoms with van der Waals surface area (Å²) >= 11 is 11.8. The summed E-state index contributed by atoms with van der Waals surface area (Å²) in [5, 5.41) is 4.56. The number of nitrogens with one attached hydrogen (secondary N) is 1. The zero-order chi connectivity index (χ0) is 14.2. The lowest BCUT2D eigenvalue weighted by molar-refractivity contribution is 0.0166. The van der Waals surface area contributed by atoms with Crippen LogP contribution < -0.4 is 5.32 Å². The molecule has 1 aromatic rings. The van der Waals surface area contributed by atoms with Crippen molar-refractivity contribution in [3.63, 3.8) is 0 Å². The van der Waals surface area contributed by atoms with Crippen molar-refractivity contribution < 1.29 is 9.47 Å². The van der Waals surface area contributed by atoms with Gasteiger partial charge in [0.1, 0.15) is 0 Å². The summed E-state index contributed by atoms with van der Waals surface area (Å²) < 4.78 is 11.1. The van der Waals surface area contributed by atoms with Crippen molar-refractivity contribution in [3.8, 4) is 0 Å². The molecule has 1 unspecified atom stereocenters. The Kier molecular flexibility index (Phi) is 7.11. The van der Waals surface area contributed by atoms with E-state index in [0.717, 1.165) is 51.3 Å². The molecule has 1 aromatic carbocycles. The van der Waals surface area contributed by atoms with Gasteiger partial charge >= 0.3 is 0 Å². The van der Waals surface area contributed by atoms with E-state index in [9.17, 15) is 0 Å². The lowest BCUT2D eigenvalue weighted by atomic mass is 10.2. The van der Waals surface area contributed by atoms with Crippen LogP contribution in [0.1, 0.15) is 24.8 Å². The van der Waals surface area contributed by atoms with E-state index in [2.05, 4.69) is 5.32 Å². The molecule has 0 spiro atoms. The van der Waals surface area contributed by atoms with E-state index in [1.54, 1.807) is 0 Å². The molecule has 0 saturated carbocycles. The third kappa shape index (κ3) is 5.58. The Balaban J connectivity index is 1.49. The molecule has 1 N–H and O–H groups in total. The molecular formula is C15H21Cl2NO2. The van der Waals surface area contributed by atoms with Crippen LogP contribution in [0, 0.1) is 0 Å². The van der Waals surface area contributed by atoms with E-state index in [1.807, 2.05) is 18.2 Å². The molecule has 1 heterocycles. The monoisotopic (exact) mass is 317 g/mol. The number of ether oxygens (including phenoxy) is 2. The zero-order valence-electron chi connectivity index (χ0n) is 11.5. The minimum absolute atomic E-state index is 0.319. The van der Waals surface area contributed by atoms with Gasteiger partial charge in [0, 0.05) is 19.8 Å². The molecule has 1 saturated heterocycles. The van der Waals surface area contributed by atoms with E-state index in [1.165, 1.54) is 6.42 Å². The van der Waals surface area contributed by atoms with Crippen molar-refractivity contribution in [3.05, 3.63) is 33.8 Å². The fraction of sp³-hybridized carbons (Fsp3) is 0.600. The van der Waals surface area contributed by atoms with Gasteiger partial charge < -0.3 is 14.8 Å². The number of benzene rings is 1. The molecule has 20 heavy (non-hydrogen) atoms. The summed E-state index contributed by atoms with van der Waals surface area (Å²) in [6, 6.07) is 5.70. The van der Waals surface area contributed by atoms with Gasteiger partial charge in [0.2, 0.25) is 0 Å².